The Morgan fingerprint density at radius 1 is 1.39 bits per heavy atom. The van der Waals surface area contributed by atoms with E-state index in [0.29, 0.717) is 10.2 Å². The van der Waals surface area contributed by atoms with Gasteiger partial charge >= 0.3 is 0 Å². The maximum Gasteiger partial charge on any atom is 0.252 e. The Bertz CT molecular complexity index is 563. The van der Waals surface area contributed by atoms with E-state index in [4.69, 9.17) is 0 Å². The quantitative estimate of drug-likeness (QED) is 0.946. The molecule has 2 aromatic rings. The Morgan fingerprint density at radius 2 is 2.22 bits per heavy atom. The average Bonchev–Trinajstić information content (AvgIpc) is 2.40. The number of carbonyl (C=O) groups is 1. The molecule has 4 nitrogen and oxygen atoms in total. The van der Waals surface area contributed by atoms with Gasteiger partial charge in [0.2, 0.25) is 0 Å². The minimum Gasteiger partial charge on any atom is -0.346 e. The Labute approximate surface area is 111 Å². The first-order valence-corrected chi connectivity index (χ1v) is 5.94. The lowest BCUT2D eigenvalue weighted by molar-refractivity contribution is 0.0949. The fraction of sp³-hybridized carbons (Fsp3) is 0.0833. The van der Waals surface area contributed by atoms with Crippen LogP contribution in [-0.2, 0) is 6.54 Å². The molecule has 18 heavy (non-hydrogen) atoms. The molecular formula is C12H9BrFN3O. The SMILES string of the molecule is O=C(NCc1ccncn1)c1cc(F)ccc1Br. The first-order valence-electron chi connectivity index (χ1n) is 5.15. The lowest BCUT2D eigenvalue weighted by atomic mass is 10.2. The van der Waals surface area contributed by atoms with Gasteiger partial charge in [0.05, 0.1) is 17.8 Å². The second-order valence-corrected chi connectivity index (χ2v) is 4.36. The number of nitrogens with zero attached hydrogens (tertiary/aromatic N) is 2. The molecule has 0 aliphatic heterocycles. The van der Waals surface area contributed by atoms with Crippen molar-refractivity contribution in [3.8, 4) is 0 Å². The highest BCUT2D eigenvalue weighted by molar-refractivity contribution is 9.10. The fourth-order valence-electron chi connectivity index (χ4n) is 1.36. The Kier molecular flexibility index (Phi) is 3.99. The molecule has 1 aromatic carbocycles. The third-order valence-electron chi connectivity index (χ3n) is 2.25. The molecule has 0 saturated carbocycles. The maximum atomic E-state index is 13.0. The van der Waals surface area contributed by atoms with Gasteiger partial charge in [-0.25, -0.2) is 14.4 Å². The van der Waals surface area contributed by atoms with E-state index in [9.17, 15) is 9.18 Å². The summed E-state index contributed by atoms with van der Waals surface area (Å²) in [5, 5.41) is 2.66. The second-order valence-electron chi connectivity index (χ2n) is 3.51. The van der Waals surface area contributed by atoms with E-state index in [0.717, 1.165) is 0 Å². The van der Waals surface area contributed by atoms with E-state index < -0.39 is 5.82 Å². The monoisotopic (exact) mass is 309 g/mol. The molecule has 0 spiro atoms. The molecule has 0 fully saturated rings. The summed E-state index contributed by atoms with van der Waals surface area (Å²) in [6.45, 7) is 0.268. The summed E-state index contributed by atoms with van der Waals surface area (Å²) in [4.78, 5) is 19.6. The number of halogens is 2. The molecule has 0 atom stereocenters. The van der Waals surface area contributed by atoms with Crippen LogP contribution in [0.15, 0.2) is 41.3 Å². The van der Waals surface area contributed by atoms with Crippen molar-refractivity contribution in [2.75, 3.05) is 0 Å². The predicted octanol–water partition coefficient (Wildman–Crippen LogP) is 2.31. The summed E-state index contributed by atoms with van der Waals surface area (Å²) >= 11 is 3.20. The Morgan fingerprint density at radius 3 is 2.94 bits per heavy atom. The Hall–Kier alpha value is -1.82. The van der Waals surface area contributed by atoms with E-state index in [1.54, 1.807) is 12.3 Å². The van der Waals surface area contributed by atoms with Crippen LogP contribution in [0.2, 0.25) is 0 Å². The molecule has 0 bridgehead atoms. The van der Waals surface area contributed by atoms with E-state index in [1.165, 1.54) is 24.5 Å². The zero-order chi connectivity index (χ0) is 13.0. The fourth-order valence-corrected chi connectivity index (χ4v) is 1.79. The second kappa shape index (κ2) is 5.68. The average molecular weight is 310 g/mol. The number of aromatic nitrogens is 2. The first-order chi connectivity index (χ1) is 8.66. The van der Waals surface area contributed by atoms with Gasteiger partial charge in [-0.15, -0.1) is 0 Å². The molecule has 1 heterocycles. The van der Waals surface area contributed by atoms with Crippen LogP contribution >= 0.6 is 15.9 Å². The van der Waals surface area contributed by atoms with Crippen LogP contribution in [0.1, 0.15) is 16.1 Å². The standard InChI is InChI=1S/C12H9BrFN3O/c13-11-2-1-8(14)5-10(11)12(18)16-6-9-3-4-15-7-17-9/h1-5,7H,6H2,(H,16,18). The molecule has 92 valence electrons. The van der Waals surface area contributed by atoms with Crippen LogP contribution in [-0.4, -0.2) is 15.9 Å². The zero-order valence-electron chi connectivity index (χ0n) is 9.23. The van der Waals surface area contributed by atoms with Crippen molar-refractivity contribution < 1.29 is 9.18 Å². The molecule has 1 aromatic heterocycles. The van der Waals surface area contributed by atoms with Crippen molar-refractivity contribution in [2.45, 2.75) is 6.54 Å². The van der Waals surface area contributed by atoms with Crippen molar-refractivity contribution in [1.82, 2.24) is 15.3 Å². The van der Waals surface area contributed by atoms with E-state index in [2.05, 4.69) is 31.2 Å². The zero-order valence-corrected chi connectivity index (χ0v) is 10.8. The van der Waals surface area contributed by atoms with Crippen LogP contribution < -0.4 is 5.32 Å². The maximum absolute atomic E-state index is 13.0. The van der Waals surface area contributed by atoms with Gasteiger partial charge in [-0.1, -0.05) is 0 Å². The van der Waals surface area contributed by atoms with Crippen molar-refractivity contribution in [2.24, 2.45) is 0 Å². The van der Waals surface area contributed by atoms with Crippen LogP contribution in [0.25, 0.3) is 0 Å². The van der Waals surface area contributed by atoms with Gasteiger partial charge in [-0.2, -0.15) is 0 Å². The van der Waals surface area contributed by atoms with Gasteiger partial charge in [0.25, 0.3) is 5.91 Å². The van der Waals surface area contributed by atoms with Gasteiger partial charge in [0.15, 0.2) is 0 Å². The number of hydrogen-bond donors (Lipinski definition) is 1. The summed E-state index contributed by atoms with van der Waals surface area (Å²) in [7, 11) is 0. The molecule has 0 radical (unpaired) electrons. The number of benzene rings is 1. The topological polar surface area (TPSA) is 54.9 Å². The summed E-state index contributed by atoms with van der Waals surface area (Å²) in [6.07, 6.45) is 2.99. The molecule has 6 heteroatoms. The molecule has 2 rings (SSSR count). The smallest absolute Gasteiger partial charge is 0.252 e. The van der Waals surface area contributed by atoms with E-state index >= 15 is 0 Å². The summed E-state index contributed by atoms with van der Waals surface area (Å²) in [5.74, 6) is -0.814. The summed E-state index contributed by atoms with van der Waals surface area (Å²) < 4.78 is 13.6. The van der Waals surface area contributed by atoms with Crippen LogP contribution in [0.4, 0.5) is 4.39 Å². The minimum absolute atomic E-state index is 0.254. The minimum atomic E-state index is -0.453. The van der Waals surface area contributed by atoms with E-state index in [1.807, 2.05) is 0 Å². The van der Waals surface area contributed by atoms with Gasteiger partial charge in [-0.05, 0) is 40.2 Å². The third-order valence-corrected chi connectivity index (χ3v) is 2.94. The number of hydrogen-bond acceptors (Lipinski definition) is 3. The normalized spacial score (nSPS) is 10.1. The molecule has 0 saturated heterocycles. The highest BCUT2D eigenvalue weighted by Crippen LogP contribution is 2.17. The molecule has 0 aliphatic rings. The number of rotatable bonds is 3. The predicted molar refractivity (Wildman–Crippen MR) is 67.3 cm³/mol. The number of nitrogens with one attached hydrogen (secondary N) is 1. The van der Waals surface area contributed by atoms with Gasteiger partial charge < -0.3 is 5.32 Å². The molecule has 1 N–H and O–H groups in total. The van der Waals surface area contributed by atoms with Gasteiger partial charge in [-0.3, -0.25) is 4.79 Å². The van der Waals surface area contributed by atoms with Crippen molar-refractivity contribution >= 4 is 21.8 Å². The highest BCUT2D eigenvalue weighted by Gasteiger charge is 2.10. The number of carbonyl (C=O) groups excluding carboxylic acids is 1. The summed E-state index contributed by atoms with van der Waals surface area (Å²) in [6, 6.07) is 5.65. The third kappa shape index (κ3) is 3.10. The lowest BCUT2D eigenvalue weighted by Gasteiger charge is -2.06. The van der Waals surface area contributed by atoms with Crippen LogP contribution in [0, 0.1) is 5.82 Å². The van der Waals surface area contributed by atoms with Gasteiger partial charge in [0.1, 0.15) is 12.1 Å². The molecule has 0 aliphatic carbocycles. The molecular weight excluding hydrogens is 301 g/mol. The molecule has 0 unspecified atom stereocenters. The molecule has 1 amide bonds. The van der Waals surface area contributed by atoms with E-state index in [-0.39, 0.29) is 18.0 Å². The highest BCUT2D eigenvalue weighted by atomic mass is 79.9. The summed E-state index contributed by atoms with van der Waals surface area (Å²) in [5.41, 5.74) is 0.940. The van der Waals surface area contributed by atoms with Crippen molar-refractivity contribution in [3.63, 3.8) is 0 Å². The Balaban J connectivity index is 2.06. The van der Waals surface area contributed by atoms with Crippen molar-refractivity contribution in [3.05, 3.63) is 58.3 Å². The largest absolute Gasteiger partial charge is 0.346 e. The first kappa shape index (κ1) is 12.6. The van der Waals surface area contributed by atoms with Crippen molar-refractivity contribution in [1.29, 1.82) is 0 Å². The number of amides is 1. The van der Waals surface area contributed by atoms with Crippen LogP contribution in [0.5, 0.6) is 0 Å². The van der Waals surface area contributed by atoms with Crippen LogP contribution in [0.3, 0.4) is 0 Å². The lowest BCUT2D eigenvalue weighted by Crippen LogP contribution is -2.23. The van der Waals surface area contributed by atoms with Gasteiger partial charge in [0, 0.05) is 10.7 Å².